The summed E-state index contributed by atoms with van der Waals surface area (Å²) in [6.07, 6.45) is 0. The molecule has 0 saturated carbocycles. The zero-order chi connectivity index (χ0) is 18.4. The Hall–Kier alpha value is -2.66. The molecule has 0 fully saturated rings. The number of hydrogen-bond acceptors (Lipinski definition) is 3. The smallest absolute Gasteiger partial charge is 0.251 e. The van der Waals surface area contributed by atoms with Gasteiger partial charge >= 0.3 is 0 Å². The van der Waals surface area contributed by atoms with Crippen molar-refractivity contribution in [3.8, 4) is 0 Å². The number of nitrogens with one attached hydrogen (secondary N) is 2. The van der Waals surface area contributed by atoms with E-state index in [0.717, 1.165) is 22.4 Å². The molecular weight excluding hydrogens is 314 g/mol. The first kappa shape index (κ1) is 18.7. The predicted molar refractivity (Wildman–Crippen MR) is 101 cm³/mol. The van der Waals surface area contributed by atoms with E-state index in [0.29, 0.717) is 18.7 Å². The van der Waals surface area contributed by atoms with Crippen molar-refractivity contribution in [2.45, 2.75) is 20.4 Å². The Labute approximate surface area is 149 Å². The molecule has 2 N–H and O–H groups in total. The van der Waals surface area contributed by atoms with Crippen LogP contribution in [0.5, 0.6) is 0 Å². The molecule has 25 heavy (non-hydrogen) atoms. The molecule has 2 aromatic rings. The third-order valence-electron chi connectivity index (χ3n) is 4.19. The number of aryl methyl sites for hydroxylation is 1. The lowest BCUT2D eigenvalue weighted by molar-refractivity contribution is -0.117. The van der Waals surface area contributed by atoms with Gasteiger partial charge in [-0.2, -0.15) is 0 Å². The molecule has 132 valence electrons. The highest BCUT2D eigenvalue weighted by molar-refractivity contribution is 5.94. The molecule has 0 heterocycles. The second kappa shape index (κ2) is 8.44. The number of hydrogen-bond donors (Lipinski definition) is 2. The first-order valence-corrected chi connectivity index (χ1v) is 8.26. The van der Waals surface area contributed by atoms with Gasteiger partial charge in [0.15, 0.2) is 0 Å². The third kappa shape index (κ3) is 5.16. The summed E-state index contributed by atoms with van der Waals surface area (Å²) >= 11 is 0. The van der Waals surface area contributed by atoms with Crippen LogP contribution in [0.25, 0.3) is 0 Å². The van der Waals surface area contributed by atoms with Crippen LogP contribution < -0.4 is 10.6 Å². The van der Waals surface area contributed by atoms with Crippen LogP contribution in [0.1, 0.15) is 27.0 Å². The van der Waals surface area contributed by atoms with Gasteiger partial charge in [-0.15, -0.1) is 0 Å². The zero-order valence-corrected chi connectivity index (χ0v) is 15.2. The summed E-state index contributed by atoms with van der Waals surface area (Å²) < 4.78 is 0. The molecule has 0 saturated heterocycles. The van der Waals surface area contributed by atoms with Gasteiger partial charge in [-0.3, -0.25) is 14.5 Å². The minimum Gasteiger partial charge on any atom is -0.355 e. The largest absolute Gasteiger partial charge is 0.355 e. The van der Waals surface area contributed by atoms with Crippen molar-refractivity contribution >= 4 is 17.5 Å². The summed E-state index contributed by atoms with van der Waals surface area (Å²) in [5, 5.41) is 5.56. The maximum absolute atomic E-state index is 12.3. The fourth-order valence-corrected chi connectivity index (χ4v) is 2.59. The summed E-state index contributed by atoms with van der Waals surface area (Å²) in [5.74, 6) is -0.147. The molecule has 0 aromatic heterocycles. The molecule has 0 spiro atoms. The van der Waals surface area contributed by atoms with Crippen molar-refractivity contribution in [2.75, 3.05) is 26.0 Å². The van der Waals surface area contributed by atoms with Crippen LogP contribution >= 0.6 is 0 Å². The third-order valence-corrected chi connectivity index (χ3v) is 4.19. The molecular formula is C20H25N3O2. The van der Waals surface area contributed by atoms with E-state index in [1.807, 2.05) is 56.1 Å². The molecule has 0 bridgehead atoms. The number of carbonyl (C=O) groups is 2. The normalized spacial score (nSPS) is 10.6. The fraction of sp³-hybridized carbons (Fsp3) is 0.300. The van der Waals surface area contributed by atoms with E-state index in [1.54, 1.807) is 19.2 Å². The van der Waals surface area contributed by atoms with E-state index in [2.05, 4.69) is 10.6 Å². The zero-order valence-electron chi connectivity index (χ0n) is 15.2. The highest BCUT2D eigenvalue weighted by atomic mass is 16.2. The standard InChI is InChI=1S/C20H25N3O2/c1-14-6-5-7-18(15(14)2)22-19(24)13-23(4)12-16-8-10-17(11-9-16)20(25)21-3/h5-11H,12-13H2,1-4H3,(H,21,25)(H,22,24). The van der Waals surface area contributed by atoms with Gasteiger partial charge in [0.2, 0.25) is 5.91 Å². The van der Waals surface area contributed by atoms with Gasteiger partial charge in [-0.05, 0) is 55.8 Å². The second-order valence-corrected chi connectivity index (χ2v) is 6.24. The average Bonchev–Trinajstić information content (AvgIpc) is 2.58. The van der Waals surface area contributed by atoms with Crippen LogP contribution in [0.4, 0.5) is 5.69 Å². The predicted octanol–water partition coefficient (Wildman–Crippen LogP) is 2.73. The molecule has 0 aliphatic carbocycles. The molecule has 2 amide bonds. The van der Waals surface area contributed by atoms with Gasteiger partial charge < -0.3 is 10.6 Å². The van der Waals surface area contributed by atoms with Crippen molar-refractivity contribution in [1.29, 1.82) is 0 Å². The molecule has 2 rings (SSSR count). The first-order valence-electron chi connectivity index (χ1n) is 8.26. The van der Waals surface area contributed by atoms with E-state index in [1.165, 1.54) is 0 Å². The molecule has 0 aliphatic rings. The Kier molecular flexibility index (Phi) is 6.31. The van der Waals surface area contributed by atoms with E-state index in [-0.39, 0.29) is 11.8 Å². The topological polar surface area (TPSA) is 61.4 Å². The summed E-state index contributed by atoms with van der Waals surface area (Å²) in [4.78, 5) is 25.7. The number of likely N-dealkylation sites (N-methyl/N-ethyl adjacent to an activating group) is 1. The lowest BCUT2D eigenvalue weighted by Gasteiger charge is -2.17. The van der Waals surface area contributed by atoms with Crippen molar-refractivity contribution in [3.63, 3.8) is 0 Å². The molecule has 0 aliphatic heterocycles. The molecule has 0 unspecified atom stereocenters. The van der Waals surface area contributed by atoms with Crippen LogP contribution in [-0.4, -0.2) is 37.4 Å². The Morgan fingerprint density at radius 3 is 2.36 bits per heavy atom. The van der Waals surface area contributed by atoms with Crippen LogP contribution in [0.3, 0.4) is 0 Å². The molecule has 5 heteroatoms. The average molecular weight is 339 g/mol. The maximum Gasteiger partial charge on any atom is 0.251 e. The SMILES string of the molecule is CNC(=O)c1ccc(CN(C)CC(=O)Nc2cccc(C)c2C)cc1. The number of anilines is 1. The molecule has 0 radical (unpaired) electrons. The highest BCUT2D eigenvalue weighted by Gasteiger charge is 2.10. The van der Waals surface area contributed by atoms with Crippen LogP contribution in [0.2, 0.25) is 0 Å². The van der Waals surface area contributed by atoms with E-state index in [9.17, 15) is 9.59 Å². The lowest BCUT2D eigenvalue weighted by atomic mass is 10.1. The van der Waals surface area contributed by atoms with Crippen molar-refractivity contribution in [2.24, 2.45) is 0 Å². The number of nitrogens with zero attached hydrogens (tertiary/aromatic N) is 1. The van der Waals surface area contributed by atoms with Gasteiger partial charge in [0, 0.05) is 24.8 Å². The van der Waals surface area contributed by atoms with Crippen LogP contribution in [-0.2, 0) is 11.3 Å². The maximum atomic E-state index is 12.3. The van der Waals surface area contributed by atoms with Gasteiger partial charge in [0.1, 0.15) is 0 Å². The fourth-order valence-electron chi connectivity index (χ4n) is 2.59. The Balaban J connectivity index is 1.91. The van der Waals surface area contributed by atoms with Crippen molar-refractivity contribution in [3.05, 3.63) is 64.7 Å². The number of rotatable bonds is 6. The van der Waals surface area contributed by atoms with Gasteiger partial charge in [-0.1, -0.05) is 24.3 Å². The minimum absolute atomic E-state index is 0.0434. The summed E-state index contributed by atoms with van der Waals surface area (Å²) in [7, 11) is 3.51. The Bertz CT molecular complexity index is 754. The van der Waals surface area contributed by atoms with Crippen molar-refractivity contribution < 1.29 is 9.59 Å². The monoisotopic (exact) mass is 339 g/mol. The first-order chi connectivity index (χ1) is 11.9. The summed E-state index contributed by atoms with van der Waals surface area (Å²) in [5.41, 5.74) is 4.77. The second-order valence-electron chi connectivity index (χ2n) is 6.24. The number of benzene rings is 2. The van der Waals surface area contributed by atoms with Crippen molar-refractivity contribution in [1.82, 2.24) is 10.2 Å². The lowest BCUT2D eigenvalue weighted by Crippen LogP contribution is -2.30. The number of carbonyl (C=O) groups excluding carboxylic acids is 2. The quantitative estimate of drug-likeness (QED) is 0.851. The van der Waals surface area contributed by atoms with Gasteiger partial charge in [-0.25, -0.2) is 0 Å². The van der Waals surface area contributed by atoms with E-state index >= 15 is 0 Å². The number of amides is 2. The molecule has 0 atom stereocenters. The Morgan fingerprint density at radius 1 is 1.04 bits per heavy atom. The highest BCUT2D eigenvalue weighted by Crippen LogP contribution is 2.17. The van der Waals surface area contributed by atoms with Crippen LogP contribution in [0.15, 0.2) is 42.5 Å². The molecule has 2 aromatic carbocycles. The Morgan fingerprint density at radius 2 is 1.72 bits per heavy atom. The van der Waals surface area contributed by atoms with E-state index < -0.39 is 0 Å². The van der Waals surface area contributed by atoms with Gasteiger partial charge in [0.05, 0.1) is 6.54 Å². The summed E-state index contributed by atoms with van der Waals surface area (Å²) in [6.45, 7) is 4.96. The molecule has 5 nitrogen and oxygen atoms in total. The van der Waals surface area contributed by atoms with Gasteiger partial charge in [0.25, 0.3) is 5.91 Å². The minimum atomic E-state index is -0.104. The van der Waals surface area contributed by atoms with Crippen LogP contribution in [0, 0.1) is 13.8 Å². The van der Waals surface area contributed by atoms with E-state index in [4.69, 9.17) is 0 Å². The summed E-state index contributed by atoms with van der Waals surface area (Å²) in [6, 6.07) is 13.3.